The fraction of sp³-hybridized carbons (Fsp3) is 0.389. The molecule has 50 heavy (non-hydrogen) atoms. The van der Waals surface area contributed by atoms with E-state index in [1.165, 1.54) is 14.2 Å². The van der Waals surface area contributed by atoms with E-state index in [1.54, 1.807) is 36.0 Å². The van der Waals surface area contributed by atoms with Crippen LogP contribution in [-0.2, 0) is 14.3 Å². The number of aromatic nitrogens is 4. The number of rotatable bonds is 9. The summed E-state index contributed by atoms with van der Waals surface area (Å²) in [6, 6.07) is 14.4. The molecule has 4 aromatic rings. The molecule has 2 saturated heterocycles. The Balaban J connectivity index is 1.10. The fourth-order valence-corrected chi connectivity index (χ4v) is 6.74. The number of nitrogens with one attached hydrogen (secondary N) is 3. The summed E-state index contributed by atoms with van der Waals surface area (Å²) >= 11 is 0. The maximum absolute atomic E-state index is 13.1. The highest BCUT2D eigenvalue weighted by atomic mass is 16.5. The highest BCUT2D eigenvalue weighted by Crippen LogP contribution is 2.34. The van der Waals surface area contributed by atoms with Crippen molar-refractivity contribution >= 4 is 24.0 Å². The molecule has 14 nitrogen and oxygen atoms in total. The molecule has 0 saturated carbocycles. The number of hydrogen-bond donors (Lipinski definition) is 4. The van der Waals surface area contributed by atoms with Gasteiger partial charge in [0.2, 0.25) is 11.8 Å². The van der Waals surface area contributed by atoms with Crippen LogP contribution in [0.2, 0.25) is 0 Å². The molecule has 4 N–H and O–H groups in total. The second-order valence-electron chi connectivity index (χ2n) is 12.8. The normalized spacial score (nSPS) is 18.5. The van der Waals surface area contributed by atoms with Gasteiger partial charge in [0.25, 0.3) is 0 Å². The Kier molecular flexibility index (Phi) is 9.88. The zero-order valence-corrected chi connectivity index (χ0v) is 28.6. The van der Waals surface area contributed by atoms with Crippen LogP contribution in [0.3, 0.4) is 0 Å². The summed E-state index contributed by atoms with van der Waals surface area (Å²) in [4.78, 5) is 69.7. The molecule has 2 aromatic carbocycles. The number of carbonyl (C=O) groups excluding carboxylic acids is 3. The summed E-state index contributed by atoms with van der Waals surface area (Å²) in [7, 11) is 2.67. The lowest BCUT2D eigenvalue weighted by atomic mass is 10.0. The molecule has 4 atom stereocenters. The minimum atomic E-state index is -1.14. The van der Waals surface area contributed by atoms with Crippen molar-refractivity contribution in [1.82, 2.24) is 40.0 Å². The molecule has 0 unspecified atom stereocenters. The number of methoxy groups -OCH3 is 1. The average molecular weight is 683 g/mol. The van der Waals surface area contributed by atoms with Crippen LogP contribution in [0, 0.1) is 0 Å². The minimum Gasteiger partial charge on any atom is -0.465 e. The van der Waals surface area contributed by atoms with Crippen LogP contribution in [-0.4, -0.2) is 103 Å². The van der Waals surface area contributed by atoms with Gasteiger partial charge in [0.05, 0.1) is 43.0 Å². The van der Waals surface area contributed by atoms with Gasteiger partial charge in [0, 0.05) is 20.1 Å². The third-order valence-corrected chi connectivity index (χ3v) is 9.75. The summed E-state index contributed by atoms with van der Waals surface area (Å²) in [6.07, 6.45) is 4.97. The molecule has 2 aromatic heterocycles. The molecule has 6 rings (SSSR count). The van der Waals surface area contributed by atoms with Crippen molar-refractivity contribution in [2.45, 2.75) is 63.7 Å². The number of carboxylic acid groups (broad SMARTS) is 1. The highest BCUT2D eigenvalue weighted by Gasteiger charge is 2.37. The number of alkyl carbamates (subject to hydrolysis) is 1. The van der Waals surface area contributed by atoms with Crippen LogP contribution in [0.4, 0.5) is 9.59 Å². The molecular formula is C36H42N8O6. The molecule has 2 aliphatic rings. The zero-order chi connectivity index (χ0) is 35.5. The van der Waals surface area contributed by atoms with Crippen molar-refractivity contribution in [3.63, 3.8) is 0 Å². The summed E-state index contributed by atoms with van der Waals surface area (Å²) in [6.45, 7) is 4.40. The first-order valence-electron chi connectivity index (χ1n) is 16.8. The van der Waals surface area contributed by atoms with E-state index >= 15 is 0 Å². The van der Waals surface area contributed by atoms with Gasteiger partial charge in [-0.1, -0.05) is 48.5 Å². The summed E-state index contributed by atoms with van der Waals surface area (Å²) in [5.74, 6) is 0.997. The number of nitrogens with zero attached hydrogens (tertiary/aromatic N) is 5. The zero-order valence-electron chi connectivity index (χ0n) is 28.6. The van der Waals surface area contributed by atoms with Gasteiger partial charge in [-0.05, 0) is 61.8 Å². The molecule has 14 heteroatoms. The van der Waals surface area contributed by atoms with Gasteiger partial charge in [-0.15, -0.1) is 0 Å². The predicted octanol–water partition coefficient (Wildman–Crippen LogP) is 5.20. The Morgan fingerprint density at radius 2 is 1.24 bits per heavy atom. The second kappa shape index (κ2) is 14.4. The smallest absolute Gasteiger partial charge is 0.407 e. The number of carbonyl (C=O) groups is 4. The maximum Gasteiger partial charge on any atom is 0.407 e. The number of imidazole rings is 2. The van der Waals surface area contributed by atoms with Crippen molar-refractivity contribution in [2.24, 2.45) is 0 Å². The van der Waals surface area contributed by atoms with Crippen LogP contribution >= 0.6 is 0 Å². The number of benzene rings is 2. The first-order chi connectivity index (χ1) is 24.0. The number of ether oxygens (including phenoxy) is 1. The molecule has 4 heterocycles. The van der Waals surface area contributed by atoms with Gasteiger partial charge in [0.1, 0.15) is 23.7 Å². The van der Waals surface area contributed by atoms with E-state index in [2.05, 4.69) is 54.3 Å². The number of likely N-dealkylation sites (tertiary alicyclic amines) is 2. The monoisotopic (exact) mass is 682 g/mol. The van der Waals surface area contributed by atoms with Crippen molar-refractivity contribution in [3.05, 3.63) is 72.6 Å². The summed E-state index contributed by atoms with van der Waals surface area (Å²) in [5.41, 5.74) is 5.70. The quantitative estimate of drug-likeness (QED) is 0.186. The Labute approximate surface area is 289 Å². The summed E-state index contributed by atoms with van der Waals surface area (Å²) < 4.78 is 4.63. The molecule has 2 fully saturated rings. The van der Waals surface area contributed by atoms with E-state index in [0.717, 1.165) is 64.2 Å². The second-order valence-corrected chi connectivity index (χ2v) is 12.8. The highest BCUT2D eigenvalue weighted by molar-refractivity contribution is 5.86. The van der Waals surface area contributed by atoms with E-state index in [9.17, 15) is 24.3 Å². The van der Waals surface area contributed by atoms with Crippen LogP contribution in [0.15, 0.2) is 60.9 Å². The third-order valence-electron chi connectivity index (χ3n) is 9.75. The SMILES string of the molecule is COC(=O)N[C@H](C)C(=O)N1CCC[C@H]1c1ncc(-c2ccc(-c3ccc(-c4cnc([C@@H]5CCCN5C(=O)[C@@H](C)N(C)C(=O)O)[nH]4)cc3)cc2)[nH]1. The molecule has 0 bridgehead atoms. The Morgan fingerprint density at radius 1 is 0.800 bits per heavy atom. The molecule has 0 spiro atoms. The topological polar surface area (TPSA) is 177 Å². The largest absolute Gasteiger partial charge is 0.465 e. The molecule has 0 radical (unpaired) electrons. The van der Waals surface area contributed by atoms with Gasteiger partial charge in [0.15, 0.2) is 0 Å². The Hall–Kier alpha value is -5.66. The molecule has 2 aliphatic heterocycles. The number of amides is 4. The maximum atomic E-state index is 13.1. The van der Waals surface area contributed by atoms with E-state index in [0.29, 0.717) is 24.7 Å². The number of hydrogen-bond acceptors (Lipinski definition) is 7. The van der Waals surface area contributed by atoms with Gasteiger partial charge in [-0.3, -0.25) is 14.5 Å². The van der Waals surface area contributed by atoms with E-state index in [4.69, 9.17) is 0 Å². The van der Waals surface area contributed by atoms with Gasteiger partial charge >= 0.3 is 12.2 Å². The number of aromatic amines is 2. The number of H-pyrrole nitrogens is 2. The molecule has 4 amide bonds. The van der Waals surface area contributed by atoms with E-state index in [-0.39, 0.29) is 23.9 Å². The van der Waals surface area contributed by atoms with E-state index < -0.39 is 24.3 Å². The van der Waals surface area contributed by atoms with Crippen LogP contribution in [0.1, 0.15) is 63.3 Å². The first kappa shape index (κ1) is 34.2. The van der Waals surface area contributed by atoms with Crippen molar-refractivity contribution < 1.29 is 29.0 Å². The third kappa shape index (κ3) is 6.91. The lowest BCUT2D eigenvalue weighted by Crippen LogP contribution is -2.47. The van der Waals surface area contributed by atoms with Gasteiger partial charge in [-0.25, -0.2) is 19.6 Å². The van der Waals surface area contributed by atoms with Crippen LogP contribution in [0.25, 0.3) is 33.6 Å². The standard InChI is InChI=1S/C36H42N8O6/c1-21(39-35(47)50-4)33(45)43-17-5-7-29(43)31-37-19-27(40-31)25-13-9-23(10-14-25)24-11-15-26(16-12-24)28-20-38-32(41-28)30-8-6-18-44(30)34(46)22(2)42(3)36(48)49/h9-16,19-22,29-30H,5-8,17-18H2,1-4H3,(H,37,40)(H,38,41)(H,39,47)(H,48,49)/t21-,22-,29+,30+/m1/s1. The lowest BCUT2D eigenvalue weighted by Gasteiger charge is -2.29. The number of likely N-dealkylation sites (N-methyl/N-ethyl adjacent to an activating group) is 1. The van der Waals surface area contributed by atoms with Crippen LogP contribution < -0.4 is 5.32 Å². The Morgan fingerprint density at radius 3 is 1.68 bits per heavy atom. The van der Waals surface area contributed by atoms with Crippen LogP contribution in [0.5, 0.6) is 0 Å². The average Bonchev–Trinajstić information content (AvgIpc) is 3.97. The van der Waals surface area contributed by atoms with Crippen molar-refractivity contribution in [3.8, 4) is 33.6 Å². The predicted molar refractivity (Wildman–Crippen MR) is 185 cm³/mol. The minimum absolute atomic E-state index is 0.177. The molecule has 262 valence electrons. The molecular weight excluding hydrogens is 640 g/mol. The van der Waals surface area contributed by atoms with Crippen molar-refractivity contribution in [1.29, 1.82) is 0 Å². The van der Waals surface area contributed by atoms with Gasteiger partial charge < -0.3 is 34.9 Å². The molecule has 0 aliphatic carbocycles. The van der Waals surface area contributed by atoms with Gasteiger partial charge in [-0.2, -0.15) is 0 Å². The fourth-order valence-electron chi connectivity index (χ4n) is 6.74. The summed E-state index contributed by atoms with van der Waals surface area (Å²) in [5, 5.41) is 11.9. The van der Waals surface area contributed by atoms with E-state index in [1.807, 2.05) is 24.3 Å². The lowest BCUT2D eigenvalue weighted by molar-refractivity contribution is -0.136. The van der Waals surface area contributed by atoms with Crippen molar-refractivity contribution in [2.75, 3.05) is 27.2 Å². The first-order valence-corrected chi connectivity index (χ1v) is 16.8. The Bertz CT molecular complexity index is 1850.